The predicted octanol–water partition coefficient (Wildman–Crippen LogP) is 1.84. The molecule has 21 heavy (non-hydrogen) atoms. The summed E-state index contributed by atoms with van der Waals surface area (Å²) < 4.78 is 0.968. The molecule has 0 aromatic heterocycles. The summed E-state index contributed by atoms with van der Waals surface area (Å²) in [6.07, 6.45) is 0.833. The van der Waals surface area contributed by atoms with Gasteiger partial charge in [0.15, 0.2) is 0 Å². The van der Waals surface area contributed by atoms with Crippen LogP contribution in [0.4, 0.5) is 5.69 Å². The lowest BCUT2D eigenvalue weighted by Gasteiger charge is -2.11. The van der Waals surface area contributed by atoms with Gasteiger partial charge in [-0.25, -0.2) is 0 Å². The Balaban J connectivity index is 0.00000220. The van der Waals surface area contributed by atoms with Crippen molar-refractivity contribution in [1.82, 2.24) is 10.6 Å². The molecule has 1 aromatic carbocycles. The number of nitrogens with one attached hydrogen (secondary N) is 3. The number of anilines is 1. The summed E-state index contributed by atoms with van der Waals surface area (Å²) in [6, 6.07) is 5.63. The first-order chi connectivity index (χ1) is 9.56. The largest absolute Gasteiger partial charge is 0.347 e. The quantitative estimate of drug-likeness (QED) is 0.751. The molecule has 1 aliphatic rings. The van der Waals surface area contributed by atoms with Gasteiger partial charge in [0.25, 0.3) is 0 Å². The maximum Gasteiger partial charge on any atom is 0.243 e. The third-order valence-corrected chi connectivity index (χ3v) is 3.81. The van der Waals surface area contributed by atoms with E-state index >= 15 is 0 Å². The fourth-order valence-corrected chi connectivity index (χ4v) is 2.63. The minimum Gasteiger partial charge on any atom is -0.347 e. The van der Waals surface area contributed by atoms with E-state index in [0.717, 1.165) is 28.7 Å². The molecule has 116 valence electrons. The number of carbonyl (C=O) groups excluding carboxylic acids is 2. The zero-order valence-electron chi connectivity index (χ0n) is 11.7. The van der Waals surface area contributed by atoms with Crippen LogP contribution in [0.15, 0.2) is 22.7 Å². The highest BCUT2D eigenvalue weighted by atomic mass is 79.9. The highest BCUT2D eigenvalue weighted by Crippen LogP contribution is 2.19. The minimum atomic E-state index is -0.213. The number of carbonyl (C=O) groups is 2. The third-order valence-electron chi connectivity index (χ3n) is 3.32. The van der Waals surface area contributed by atoms with Crippen molar-refractivity contribution in [2.45, 2.75) is 13.3 Å². The Hall–Kier alpha value is -1.11. The molecule has 5 nitrogen and oxygen atoms in total. The first-order valence-corrected chi connectivity index (χ1v) is 7.40. The van der Waals surface area contributed by atoms with Crippen LogP contribution in [-0.2, 0) is 9.59 Å². The highest BCUT2D eigenvalue weighted by molar-refractivity contribution is 9.10. The molecule has 2 rings (SSSR count). The summed E-state index contributed by atoms with van der Waals surface area (Å²) in [4.78, 5) is 23.6. The lowest BCUT2D eigenvalue weighted by Crippen LogP contribution is -2.37. The summed E-state index contributed by atoms with van der Waals surface area (Å²) in [7, 11) is 0. The Kier molecular flexibility index (Phi) is 7.14. The van der Waals surface area contributed by atoms with Gasteiger partial charge < -0.3 is 16.0 Å². The van der Waals surface area contributed by atoms with Crippen LogP contribution in [-0.4, -0.2) is 31.4 Å². The predicted molar refractivity (Wildman–Crippen MR) is 88.7 cm³/mol. The summed E-state index contributed by atoms with van der Waals surface area (Å²) >= 11 is 3.37. The number of halogens is 2. The number of hydrogen-bond donors (Lipinski definition) is 3. The Morgan fingerprint density at radius 2 is 2.19 bits per heavy atom. The second kappa shape index (κ2) is 8.36. The minimum absolute atomic E-state index is 0. The fourth-order valence-electron chi connectivity index (χ4n) is 2.15. The average molecular weight is 377 g/mol. The van der Waals surface area contributed by atoms with Crippen LogP contribution in [0.25, 0.3) is 0 Å². The highest BCUT2D eigenvalue weighted by Gasteiger charge is 2.22. The maximum absolute atomic E-state index is 11.8. The van der Waals surface area contributed by atoms with Crippen LogP contribution in [0.1, 0.15) is 12.0 Å². The van der Waals surface area contributed by atoms with Crippen LogP contribution >= 0.6 is 28.3 Å². The molecule has 0 aliphatic carbocycles. The fraction of sp³-hybridized carbons (Fsp3) is 0.429. The molecular weight excluding hydrogens is 358 g/mol. The van der Waals surface area contributed by atoms with Gasteiger partial charge >= 0.3 is 0 Å². The van der Waals surface area contributed by atoms with Crippen molar-refractivity contribution in [1.29, 1.82) is 0 Å². The molecule has 1 aromatic rings. The van der Waals surface area contributed by atoms with Gasteiger partial charge in [0.05, 0.1) is 12.5 Å². The summed E-state index contributed by atoms with van der Waals surface area (Å²) in [5.41, 5.74) is 1.73. The van der Waals surface area contributed by atoms with Gasteiger partial charge in [-0.15, -0.1) is 12.4 Å². The van der Waals surface area contributed by atoms with E-state index < -0.39 is 0 Å². The number of benzene rings is 1. The maximum atomic E-state index is 11.8. The van der Waals surface area contributed by atoms with Gasteiger partial charge in [-0.2, -0.15) is 0 Å². The van der Waals surface area contributed by atoms with Crippen LogP contribution in [0.2, 0.25) is 0 Å². The van der Waals surface area contributed by atoms with Gasteiger partial charge in [-0.3, -0.25) is 9.59 Å². The standard InChI is InChI=1S/C14H18BrN3O2.ClH/c1-9-6-11(15)2-3-12(9)18-13(19)8-17-14(20)10-4-5-16-7-10;/h2-3,6,10,16H,4-5,7-8H2,1H3,(H,17,20)(H,18,19);1H. The molecule has 3 N–H and O–H groups in total. The van der Waals surface area contributed by atoms with Crippen LogP contribution < -0.4 is 16.0 Å². The molecule has 0 saturated carbocycles. The number of aryl methyl sites for hydroxylation is 1. The Morgan fingerprint density at radius 1 is 1.43 bits per heavy atom. The second-order valence-electron chi connectivity index (χ2n) is 4.91. The topological polar surface area (TPSA) is 70.2 Å². The van der Waals surface area contributed by atoms with Crippen molar-refractivity contribution in [2.24, 2.45) is 5.92 Å². The molecule has 1 atom stereocenters. The van der Waals surface area contributed by atoms with E-state index in [9.17, 15) is 9.59 Å². The summed E-state index contributed by atoms with van der Waals surface area (Å²) in [5.74, 6) is -0.287. The van der Waals surface area contributed by atoms with Crippen molar-refractivity contribution in [3.63, 3.8) is 0 Å². The van der Waals surface area contributed by atoms with E-state index in [1.165, 1.54) is 0 Å². The molecular formula is C14H19BrClN3O2. The number of hydrogen-bond acceptors (Lipinski definition) is 3. The van der Waals surface area contributed by atoms with Gasteiger partial charge in [0.2, 0.25) is 11.8 Å². The number of amides is 2. The average Bonchev–Trinajstić information content (AvgIpc) is 2.93. The number of rotatable bonds is 4. The zero-order chi connectivity index (χ0) is 14.5. The Labute approximate surface area is 138 Å². The van der Waals surface area contributed by atoms with Gasteiger partial charge in [0.1, 0.15) is 0 Å². The van der Waals surface area contributed by atoms with E-state index in [0.29, 0.717) is 6.54 Å². The molecule has 2 amide bonds. The van der Waals surface area contributed by atoms with Crippen molar-refractivity contribution in [3.05, 3.63) is 28.2 Å². The van der Waals surface area contributed by atoms with Crippen molar-refractivity contribution < 1.29 is 9.59 Å². The van der Waals surface area contributed by atoms with Crippen LogP contribution in [0, 0.1) is 12.8 Å². The van der Waals surface area contributed by atoms with E-state index in [2.05, 4.69) is 31.9 Å². The van der Waals surface area contributed by atoms with Crippen LogP contribution in [0.3, 0.4) is 0 Å². The van der Waals surface area contributed by atoms with Crippen molar-refractivity contribution in [2.75, 3.05) is 25.0 Å². The lowest BCUT2D eigenvalue weighted by molar-refractivity contribution is -0.126. The van der Waals surface area contributed by atoms with E-state index in [1.54, 1.807) is 0 Å². The van der Waals surface area contributed by atoms with E-state index in [4.69, 9.17) is 0 Å². The first-order valence-electron chi connectivity index (χ1n) is 6.60. The van der Waals surface area contributed by atoms with Crippen molar-refractivity contribution in [3.8, 4) is 0 Å². The van der Waals surface area contributed by atoms with Crippen molar-refractivity contribution >= 4 is 45.8 Å². The van der Waals surface area contributed by atoms with Gasteiger partial charge in [-0.05, 0) is 43.7 Å². The lowest BCUT2D eigenvalue weighted by atomic mass is 10.1. The monoisotopic (exact) mass is 375 g/mol. The Bertz CT molecular complexity index is 519. The molecule has 0 bridgehead atoms. The van der Waals surface area contributed by atoms with Gasteiger partial charge in [-0.1, -0.05) is 15.9 Å². The molecule has 1 aliphatic heterocycles. The molecule has 1 unspecified atom stereocenters. The first kappa shape index (κ1) is 17.9. The molecule has 0 spiro atoms. The molecule has 1 heterocycles. The summed E-state index contributed by atoms with van der Waals surface area (Å²) in [6.45, 7) is 3.48. The second-order valence-corrected chi connectivity index (χ2v) is 5.83. The third kappa shape index (κ3) is 5.30. The van der Waals surface area contributed by atoms with Gasteiger partial charge in [0, 0.05) is 16.7 Å². The molecule has 1 fully saturated rings. The normalized spacial score (nSPS) is 17.0. The zero-order valence-corrected chi connectivity index (χ0v) is 14.1. The van der Waals surface area contributed by atoms with E-state index in [1.807, 2.05) is 25.1 Å². The molecule has 7 heteroatoms. The summed E-state index contributed by atoms with van der Waals surface area (Å²) in [5, 5.41) is 8.60. The molecule has 1 saturated heterocycles. The van der Waals surface area contributed by atoms with E-state index in [-0.39, 0.29) is 36.7 Å². The smallest absolute Gasteiger partial charge is 0.243 e. The Morgan fingerprint density at radius 3 is 2.81 bits per heavy atom. The van der Waals surface area contributed by atoms with Crippen LogP contribution in [0.5, 0.6) is 0 Å². The SMILES string of the molecule is Cc1cc(Br)ccc1NC(=O)CNC(=O)C1CCNC1.Cl. The molecule has 0 radical (unpaired) electrons.